The highest BCUT2D eigenvalue weighted by molar-refractivity contribution is 6.00. The maximum atomic E-state index is 11.4. The van der Waals surface area contributed by atoms with Crippen molar-refractivity contribution in [2.75, 3.05) is 11.1 Å². The zero-order valence-electron chi connectivity index (χ0n) is 10.6. The number of nitrogen functional groups attached to an aromatic ring is 1. The van der Waals surface area contributed by atoms with E-state index in [1.807, 2.05) is 0 Å². The van der Waals surface area contributed by atoms with Gasteiger partial charge in [0.25, 0.3) is 5.91 Å². The van der Waals surface area contributed by atoms with E-state index in [4.69, 9.17) is 17.2 Å². The van der Waals surface area contributed by atoms with Gasteiger partial charge in [0.05, 0.1) is 11.3 Å². The van der Waals surface area contributed by atoms with Crippen molar-refractivity contribution in [2.24, 2.45) is 11.5 Å². The molecule has 0 bridgehead atoms. The van der Waals surface area contributed by atoms with Gasteiger partial charge in [0.15, 0.2) is 0 Å². The lowest BCUT2D eigenvalue weighted by Gasteiger charge is -2.11. The average Bonchev–Trinajstić information content (AvgIpc) is 2.41. The molecular weight excluding hydrogens is 256 g/mol. The van der Waals surface area contributed by atoms with Gasteiger partial charge in [0.1, 0.15) is 0 Å². The summed E-state index contributed by atoms with van der Waals surface area (Å²) < 4.78 is 0. The minimum absolute atomic E-state index is 0.273. The summed E-state index contributed by atoms with van der Waals surface area (Å²) in [6.07, 6.45) is 0. The third kappa shape index (κ3) is 2.86. The summed E-state index contributed by atoms with van der Waals surface area (Å²) in [6.45, 7) is 0. The molecule has 0 saturated heterocycles. The molecule has 0 heterocycles. The predicted octanol–water partition coefficient (Wildman–Crippen LogP) is 1.21. The Labute approximate surface area is 115 Å². The maximum Gasteiger partial charge on any atom is 0.250 e. The Morgan fingerprint density at radius 2 is 1.70 bits per heavy atom. The van der Waals surface area contributed by atoms with Gasteiger partial charge < -0.3 is 22.5 Å². The number of hydrogen-bond donors (Lipinski definition) is 4. The van der Waals surface area contributed by atoms with E-state index in [1.165, 1.54) is 6.07 Å². The van der Waals surface area contributed by atoms with Crippen LogP contribution < -0.4 is 22.5 Å². The molecule has 2 aromatic rings. The van der Waals surface area contributed by atoms with Crippen LogP contribution >= 0.6 is 0 Å². The fraction of sp³-hybridized carbons (Fsp3) is 0. The van der Waals surface area contributed by atoms with Gasteiger partial charge in [-0.15, -0.1) is 0 Å². The summed E-state index contributed by atoms with van der Waals surface area (Å²) in [5.74, 6) is -1.12. The number of anilines is 3. The van der Waals surface area contributed by atoms with Crippen molar-refractivity contribution < 1.29 is 9.59 Å². The number of primary amides is 2. The SMILES string of the molecule is NC(=O)c1cccc(Nc2ccc(N)cc2C(N)=O)c1. The highest BCUT2D eigenvalue weighted by Crippen LogP contribution is 2.23. The maximum absolute atomic E-state index is 11.4. The minimum atomic E-state index is -0.592. The summed E-state index contributed by atoms with van der Waals surface area (Å²) in [6, 6.07) is 11.4. The molecule has 0 aliphatic carbocycles. The molecule has 0 aliphatic heterocycles. The van der Waals surface area contributed by atoms with Gasteiger partial charge in [-0.3, -0.25) is 9.59 Å². The predicted molar refractivity (Wildman–Crippen MR) is 77.6 cm³/mol. The molecule has 0 aromatic heterocycles. The number of benzene rings is 2. The molecule has 2 amide bonds. The Morgan fingerprint density at radius 3 is 2.35 bits per heavy atom. The van der Waals surface area contributed by atoms with E-state index in [1.54, 1.807) is 36.4 Å². The van der Waals surface area contributed by atoms with Crippen LogP contribution in [0.3, 0.4) is 0 Å². The first kappa shape index (κ1) is 13.4. The third-order valence-corrected chi connectivity index (χ3v) is 2.74. The average molecular weight is 270 g/mol. The second-order valence-electron chi connectivity index (χ2n) is 4.24. The molecule has 2 rings (SSSR count). The molecule has 102 valence electrons. The second-order valence-corrected chi connectivity index (χ2v) is 4.24. The standard InChI is InChI=1S/C14H14N4O2/c15-9-4-5-12(11(7-9)14(17)20)18-10-3-1-2-8(6-10)13(16)19/h1-7,18H,15H2,(H2,16,19)(H2,17,20). The smallest absolute Gasteiger partial charge is 0.250 e. The van der Waals surface area contributed by atoms with Crippen molar-refractivity contribution in [3.63, 3.8) is 0 Å². The van der Waals surface area contributed by atoms with E-state index in [-0.39, 0.29) is 5.56 Å². The summed E-state index contributed by atoms with van der Waals surface area (Å²) in [5.41, 5.74) is 18.4. The van der Waals surface area contributed by atoms with Crippen LogP contribution in [0.15, 0.2) is 42.5 Å². The Hall–Kier alpha value is -3.02. The van der Waals surface area contributed by atoms with Crippen LogP contribution in [-0.2, 0) is 0 Å². The van der Waals surface area contributed by atoms with Gasteiger partial charge in [-0.1, -0.05) is 6.07 Å². The van der Waals surface area contributed by atoms with E-state index in [9.17, 15) is 9.59 Å². The molecule has 0 unspecified atom stereocenters. The fourth-order valence-electron chi connectivity index (χ4n) is 1.78. The molecule has 6 heteroatoms. The van der Waals surface area contributed by atoms with Crippen molar-refractivity contribution in [2.45, 2.75) is 0 Å². The van der Waals surface area contributed by atoms with Gasteiger partial charge in [0, 0.05) is 16.9 Å². The first-order valence-corrected chi connectivity index (χ1v) is 5.83. The van der Waals surface area contributed by atoms with E-state index < -0.39 is 11.8 Å². The van der Waals surface area contributed by atoms with Crippen LogP contribution in [0, 0.1) is 0 Å². The molecule has 0 atom stereocenters. The number of rotatable bonds is 4. The zero-order chi connectivity index (χ0) is 14.7. The van der Waals surface area contributed by atoms with Crippen LogP contribution in [0.2, 0.25) is 0 Å². The first-order valence-electron chi connectivity index (χ1n) is 5.83. The minimum Gasteiger partial charge on any atom is -0.399 e. The Kier molecular flexibility index (Phi) is 3.56. The number of nitrogens with one attached hydrogen (secondary N) is 1. The van der Waals surface area contributed by atoms with E-state index in [0.29, 0.717) is 22.6 Å². The molecule has 6 nitrogen and oxygen atoms in total. The largest absolute Gasteiger partial charge is 0.399 e. The Balaban J connectivity index is 2.37. The van der Waals surface area contributed by atoms with E-state index in [2.05, 4.69) is 5.32 Å². The summed E-state index contributed by atoms with van der Waals surface area (Å²) in [5, 5.41) is 3.01. The first-order chi connectivity index (χ1) is 9.47. The molecule has 7 N–H and O–H groups in total. The van der Waals surface area contributed by atoms with Gasteiger partial charge in [-0.2, -0.15) is 0 Å². The topological polar surface area (TPSA) is 124 Å². The highest BCUT2D eigenvalue weighted by Gasteiger charge is 2.09. The third-order valence-electron chi connectivity index (χ3n) is 2.74. The van der Waals surface area contributed by atoms with Gasteiger partial charge in [-0.25, -0.2) is 0 Å². The van der Waals surface area contributed by atoms with Crippen LogP contribution in [0.25, 0.3) is 0 Å². The van der Waals surface area contributed by atoms with Gasteiger partial charge in [0.2, 0.25) is 5.91 Å². The van der Waals surface area contributed by atoms with Crippen molar-refractivity contribution in [1.29, 1.82) is 0 Å². The second kappa shape index (κ2) is 5.31. The van der Waals surface area contributed by atoms with E-state index in [0.717, 1.165) is 0 Å². The van der Waals surface area contributed by atoms with Crippen molar-refractivity contribution in [3.05, 3.63) is 53.6 Å². The molecule has 0 radical (unpaired) electrons. The monoisotopic (exact) mass is 270 g/mol. The van der Waals surface area contributed by atoms with Crippen molar-refractivity contribution in [1.82, 2.24) is 0 Å². The lowest BCUT2D eigenvalue weighted by molar-refractivity contribution is 0.0992. The summed E-state index contributed by atoms with van der Waals surface area (Å²) >= 11 is 0. The Bertz CT molecular complexity index is 683. The van der Waals surface area contributed by atoms with Gasteiger partial charge >= 0.3 is 0 Å². The van der Waals surface area contributed by atoms with Crippen molar-refractivity contribution >= 4 is 28.9 Å². The van der Waals surface area contributed by atoms with Crippen molar-refractivity contribution in [3.8, 4) is 0 Å². The number of carbonyl (C=O) groups excluding carboxylic acids is 2. The van der Waals surface area contributed by atoms with Crippen LogP contribution in [0.1, 0.15) is 20.7 Å². The van der Waals surface area contributed by atoms with Gasteiger partial charge in [-0.05, 0) is 36.4 Å². The number of nitrogens with two attached hydrogens (primary N) is 3. The van der Waals surface area contributed by atoms with E-state index >= 15 is 0 Å². The lowest BCUT2D eigenvalue weighted by atomic mass is 10.1. The molecule has 20 heavy (non-hydrogen) atoms. The fourth-order valence-corrected chi connectivity index (χ4v) is 1.78. The zero-order valence-corrected chi connectivity index (χ0v) is 10.6. The number of hydrogen-bond acceptors (Lipinski definition) is 4. The van der Waals surface area contributed by atoms with Crippen LogP contribution in [0.5, 0.6) is 0 Å². The Morgan fingerprint density at radius 1 is 0.950 bits per heavy atom. The lowest BCUT2D eigenvalue weighted by Crippen LogP contribution is -2.14. The normalized spacial score (nSPS) is 10.0. The molecule has 0 spiro atoms. The molecule has 0 aliphatic rings. The van der Waals surface area contributed by atoms with Crippen LogP contribution in [0.4, 0.5) is 17.1 Å². The quantitative estimate of drug-likeness (QED) is 0.623. The molecule has 0 fully saturated rings. The summed E-state index contributed by atoms with van der Waals surface area (Å²) in [7, 11) is 0. The number of amides is 2. The molecule has 2 aromatic carbocycles. The number of carbonyl (C=O) groups is 2. The molecule has 0 saturated carbocycles. The summed E-state index contributed by atoms with van der Waals surface area (Å²) in [4.78, 5) is 22.5. The van der Waals surface area contributed by atoms with Crippen LogP contribution in [-0.4, -0.2) is 11.8 Å². The molecular formula is C14H14N4O2. The highest BCUT2D eigenvalue weighted by atomic mass is 16.1.